The monoisotopic (exact) mass is 524 g/mol. The number of phenols is 1. The average molecular weight is 524 g/mol. The summed E-state index contributed by atoms with van der Waals surface area (Å²) in [6.07, 6.45) is 0.412. The average Bonchev–Trinajstić information content (AvgIpc) is 2.78. The molecule has 1 aromatic rings. The highest BCUT2D eigenvalue weighted by Crippen LogP contribution is 2.35. The maximum atomic E-state index is 12.3. The number of hydrogen-bond acceptors (Lipinski definition) is 5. The van der Waals surface area contributed by atoms with E-state index in [-0.39, 0.29) is 12.2 Å². The number of allylic oxidation sites excluding steroid dienone is 4. The number of hydrogen-bond donors (Lipinski definition) is 2. The van der Waals surface area contributed by atoms with E-state index in [9.17, 15) is 41.0 Å². The molecule has 36 heavy (non-hydrogen) atoms. The van der Waals surface area contributed by atoms with Crippen molar-refractivity contribution in [3.8, 4) is 5.75 Å². The Morgan fingerprint density at radius 2 is 1.56 bits per heavy atom. The number of alkyl halides is 6. The van der Waals surface area contributed by atoms with Crippen molar-refractivity contribution >= 4 is 12.1 Å². The smallest absolute Gasteiger partial charge is 0.405 e. The minimum absolute atomic E-state index is 0.0599. The molecule has 202 valence electrons. The molecule has 0 saturated heterocycles. The molecule has 1 aliphatic carbocycles. The Labute approximate surface area is 205 Å². The Kier molecular flexibility index (Phi) is 13.3. The summed E-state index contributed by atoms with van der Waals surface area (Å²) >= 11 is 0. The van der Waals surface area contributed by atoms with Crippen LogP contribution in [0.25, 0.3) is 0 Å². The first kappa shape index (κ1) is 31.2. The maximum absolute atomic E-state index is 12.3. The highest BCUT2D eigenvalue weighted by Gasteiger charge is 2.48. The molecule has 0 aliphatic heterocycles. The van der Waals surface area contributed by atoms with E-state index < -0.39 is 43.0 Å². The van der Waals surface area contributed by atoms with Gasteiger partial charge in [-0.15, -0.1) is 0 Å². The van der Waals surface area contributed by atoms with Crippen molar-refractivity contribution in [2.75, 3.05) is 6.79 Å². The SMILES string of the molecule is O=C1C=CC=C(OCO)C1C(F)(F)F.O=Cc1cccc(CCCCCCCCCC(F)(F)F)c1O. The number of aryl methyl sites for hydroxylation is 1. The molecular formula is C25H30F6O5. The number of aliphatic hydroxyl groups excluding tert-OH is 1. The number of ether oxygens (including phenoxy) is 1. The number of aldehydes is 1. The predicted octanol–water partition coefficient (Wildman–Crippen LogP) is 6.58. The summed E-state index contributed by atoms with van der Waals surface area (Å²) in [5, 5.41) is 18.2. The van der Waals surface area contributed by atoms with Crippen LogP contribution in [0.3, 0.4) is 0 Å². The van der Waals surface area contributed by atoms with E-state index in [0.29, 0.717) is 24.7 Å². The minimum Gasteiger partial charge on any atom is -0.507 e. The number of carbonyl (C=O) groups excluding carboxylic acids is 2. The van der Waals surface area contributed by atoms with Gasteiger partial charge in [0.1, 0.15) is 11.5 Å². The molecule has 0 spiro atoms. The summed E-state index contributed by atoms with van der Waals surface area (Å²) in [6, 6.07) is 5.13. The van der Waals surface area contributed by atoms with Gasteiger partial charge in [0.2, 0.25) is 0 Å². The van der Waals surface area contributed by atoms with E-state index in [0.717, 1.165) is 55.9 Å². The van der Waals surface area contributed by atoms with Crippen LogP contribution in [0.2, 0.25) is 0 Å². The van der Waals surface area contributed by atoms with E-state index in [1.165, 1.54) is 0 Å². The van der Waals surface area contributed by atoms with Gasteiger partial charge in [-0.25, -0.2) is 0 Å². The Morgan fingerprint density at radius 3 is 2.11 bits per heavy atom. The number of aliphatic hydroxyl groups is 1. The molecule has 0 fully saturated rings. The van der Waals surface area contributed by atoms with Crippen LogP contribution in [-0.4, -0.2) is 41.4 Å². The maximum Gasteiger partial charge on any atom is 0.405 e. The Bertz CT molecular complexity index is 890. The first-order valence-corrected chi connectivity index (χ1v) is 11.5. The van der Waals surface area contributed by atoms with Gasteiger partial charge in [-0.05, 0) is 43.0 Å². The molecule has 0 heterocycles. The normalized spacial score (nSPS) is 15.7. The Morgan fingerprint density at radius 1 is 0.944 bits per heavy atom. The number of rotatable bonds is 12. The molecule has 1 aromatic carbocycles. The molecule has 0 amide bonds. The Balaban J connectivity index is 0.000000397. The largest absolute Gasteiger partial charge is 0.507 e. The van der Waals surface area contributed by atoms with Crippen LogP contribution in [0.4, 0.5) is 26.3 Å². The quantitative estimate of drug-likeness (QED) is 0.140. The van der Waals surface area contributed by atoms with E-state index >= 15 is 0 Å². The van der Waals surface area contributed by atoms with Crippen LogP contribution in [0.5, 0.6) is 5.75 Å². The van der Waals surface area contributed by atoms with E-state index in [4.69, 9.17) is 5.11 Å². The highest BCUT2D eigenvalue weighted by atomic mass is 19.4. The summed E-state index contributed by atoms with van der Waals surface area (Å²) < 4.78 is 77.1. The van der Waals surface area contributed by atoms with Crippen LogP contribution in [0.15, 0.2) is 42.2 Å². The summed E-state index contributed by atoms with van der Waals surface area (Å²) in [4.78, 5) is 21.6. The lowest BCUT2D eigenvalue weighted by atomic mass is 9.96. The number of carbonyl (C=O) groups is 2. The minimum atomic E-state index is -4.69. The number of para-hydroxylation sites is 1. The lowest BCUT2D eigenvalue weighted by Crippen LogP contribution is -2.33. The van der Waals surface area contributed by atoms with Crippen LogP contribution < -0.4 is 0 Å². The number of phenolic OH excluding ortho intramolecular Hbond substituents is 1. The van der Waals surface area contributed by atoms with Gasteiger partial charge < -0.3 is 14.9 Å². The summed E-state index contributed by atoms with van der Waals surface area (Å²) in [5.41, 5.74) is 1.08. The number of unbranched alkanes of at least 4 members (excludes halogenated alkanes) is 6. The van der Waals surface area contributed by atoms with Gasteiger partial charge >= 0.3 is 12.4 Å². The van der Waals surface area contributed by atoms with Crippen LogP contribution in [0, 0.1) is 5.92 Å². The lowest BCUT2D eigenvalue weighted by molar-refractivity contribution is -0.180. The first-order valence-electron chi connectivity index (χ1n) is 11.5. The molecule has 5 nitrogen and oxygen atoms in total. The molecule has 1 aliphatic rings. The standard InChI is InChI=1S/C17H23F3O2.C8H7F3O3/c18-17(19,20)12-7-5-3-1-2-4-6-9-14-10-8-11-15(13-21)16(14)22;9-8(10,11)7-5(13)2-1-3-6(7)14-4-12/h8,10-11,13,22H,1-7,9,12H2;1-3,7,12H,4H2. The van der Waals surface area contributed by atoms with Crippen molar-refractivity contribution < 1.29 is 50.9 Å². The second kappa shape index (κ2) is 15.3. The van der Waals surface area contributed by atoms with Gasteiger partial charge in [-0.2, -0.15) is 26.3 Å². The van der Waals surface area contributed by atoms with Crippen LogP contribution >= 0.6 is 0 Å². The van der Waals surface area contributed by atoms with Crippen LogP contribution in [-0.2, 0) is 16.0 Å². The zero-order valence-electron chi connectivity index (χ0n) is 19.6. The van der Waals surface area contributed by atoms with Crippen molar-refractivity contribution in [3.05, 3.63) is 53.3 Å². The van der Waals surface area contributed by atoms with Gasteiger partial charge in [0, 0.05) is 6.42 Å². The first-order chi connectivity index (χ1) is 16.9. The third-order valence-electron chi connectivity index (χ3n) is 5.33. The number of benzene rings is 1. The van der Waals surface area contributed by atoms with E-state index in [2.05, 4.69) is 4.74 Å². The van der Waals surface area contributed by atoms with Crippen molar-refractivity contribution in [2.24, 2.45) is 5.92 Å². The van der Waals surface area contributed by atoms with Gasteiger partial charge in [-0.3, -0.25) is 9.59 Å². The molecule has 11 heteroatoms. The number of aromatic hydroxyl groups is 1. The van der Waals surface area contributed by atoms with Gasteiger partial charge in [0.15, 0.2) is 24.8 Å². The fraction of sp³-hybridized carbons (Fsp3) is 0.520. The molecule has 0 bridgehead atoms. The van der Waals surface area contributed by atoms with Crippen LogP contribution in [0.1, 0.15) is 67.3 Å². The number of halogens is 6. The number of ketones is 1. The summed E-state index contributed by atoms with van der Waals surface area (Å²) in [7, 11) is 0. The summed E-state index contributed by atoms with van der Waals surface area (Å²) in [5.74, 6) is -3.90. The van der Waals surface area contributed by atoms with Crippen molar-refractivity contribution in [3.63, 3.8) is 0 Å². The molecular weight excluding hydrogens is 494 g/mol. The van der Waals surface area contributed by atoms with Gasteiger partial charge in [0.25, 0.3) is 0 Å². The fourth-order valence-corrected chi connectivity index (χ4v) is 3.53. The van der Waals surface area contributed by atoms with E-state index in [1.807, 2.05) is 0 Å². The van der Waals surface area contributed by atoms with Gasteiger partial charge in [-0.1, -0.05) is 50.3 Å². The molecule has 1 atom stereocenters. The summed E-state index contributed by atoms with van der Waals surface area (Å²) in [6.45, 7) is -0.889. The predicted molar refractivity (Wildman–Crippen MR) is 120 cm³/mol. The highest BCUT2D eigenvalue weighted by molar-refractivity contribution is 5.95. The fourth-order valence-electron chi connectivity index (χ4n) is 3.53. The zero-order chi connectivity index (χ0) is 27.2. The zero-order valence-corrected chi connectivity index (χ0v) is 19.6. The van der Waals surface area contributed by atoms with E-state index in [1.54, 1.807) is 18.2 Å². The van der Waals surface area contributed by atoms with Gasteiger partial charge in [0.05, 0.1) is 5.56 Å². The topological polar surface area (TPSA) is 83.8 Å². The second-order valence-electron chi connectivity index (χ2n) is 8.14. The second-order valence-corrected chi connectivity index (χ2v) is 8.14. The van der Waals surface area contributed by atoms with Crippen molar-refractivity contribution in [1.82, 2.24) is 0 Å². The van der Waals surface area contributed by atoms with Crippen molar-refractivity contribution in [2.45, 2.75) is 70.1 Å². The Hall–Kier alpha value is -2.82. The molecule has 2 N–H and O–H groups in total. The molecule has 0 saturated carbocycles. The lowest BCUT2D eigenvalue weighted by Gasteiger charge is -2.21. The molecule has 0 aromatic heterocycles. The third kappa shape index (κ3) is 11.7. The molecule has 1 unspecified atom stereocenters. The molecule has 2 rings (SSSR count). The third-order valence-corrected chi connectivity index (χ3v) is 5.33. The van der Waals surface area contributed by atoms with Crippen molar-refractivity contribution in [1.29, 1.82) is 0 Å². The molecule has 0 radical (unpaired) electrons.